The van der Waals surface area contributed by atoms with Crippen molar-refractivity contribution in [3.63, 3.8) is 0 Å². The van der Waals surface area contributed by atoms with Gasteiger partial charge in [0.25, 0.3) is 0 Å². The molecule has 0 spiro atoms. The van der Waals surface area contributed by atoms with E-state index in [1.54, 1.807) is 0 Å². The van der Waals surface area contributed by atoms with Crippen molar-refractivity contribution in [2.45, 2.75) is 57.6 Å². The largest absolute Gasteiger partial charge is 0.481 e. The van der Waals surface area contributed by atoms with E-state index in [-0.39, 0.29) is 0 Å². The third kappa shape index (κ3) is 4.94. The maximum Gasteiger partial charge on any atom is 0.207 e. The highest BCUT2D eigenvalue weighted by atomic mass is 19.2. The number of hydrogen-bond donors (Lipinski definition) is 0. The first-order valence-electron chi connectivity index (χ1n) is 10.3. The van der Waals surface area contributed by atoms with Gasteiger partial charge >= 0.3 is 0 Å². The normalized spacial score (nSPS) is 16.6. The minimum atomic E-state index is -2.17. The number of halogens is 5. The minimum Gasteiger partial charge on any atom is -0.481 e. The third-order valence-corrected chi connectivity index (χ3v) is 5.74. The maximum atomic E-state index is 14.2. The van der Waals surface area contributed by atoms with Gasteiger partial charge in [-0.1, -0.05) is 50.1 Å². The molecule has 0 saturated carbocycles. The standard InChI is InChI=1S/C23H26F5NO/c1-2-3-7-10-23(30-22-20(27)18(25)17(24)19(26)21(22)28)11-13-29(14-12-23)15-16-8-5-4-6-9-16/h4-6,8-9H,2-3,7,10-15H2,1H3. The number of unbranched alkanes of at least 4 members (excludes halogenated alkanes) is 2. The summed E-state index contributed by atoms with van der Waals surface area (Å²) in [5, 5.41) is 0. The van der Waals surface area contributed by atoms with Crippen LogP contribution in [0.15, 0.2) is 30.3 Å². The van der Waals surface area contributed by atoms with Crippen molar-refractivity contribution in [3.8, 4) is 5.75 Å². The molecule has 2 aromatic carbocycles. The van der Waals surface area contributed by atoms with E-state index in [1.165, 1.54) is 0 Å². The highest BCUT2D eigenvalue weighted by Crippen LogP contribution is 2.38. The summed E-state index contributed by atoms with van der Waals surface area (Å²) in [6, 6.07) is 9.90. The second-order valence-corrected chi connectivity index (χ2v) is 7.90. The molecule has 0 unspecified atom stereocenters. The Hall–Kier alpha value is -2.15. The molecule has 1 fully saturated rings. The second kappa shape index (κ2) is 9.77. The van der Waals surface area contributed by atoms with Crippen LogP contribution in [-0.4, -0.2) is 23.6 Å². The lowest BCUT2D eigenvalue weighted by Gasteiger charge is -2.42. The molecule has 7 heteroatoms. The van der Waals surface area contributed by atoms with E-state index in [2.05, 4.69) is 4.90 Å². The molecule has 2 nitrogen and oxygen atoms in total. The van der Waals surface area contributed by atoms with Crippen LogP contribution in [0, 0.1) is 29.1 Å². The Morgan fingerprint density at radius 1 is 0.833 bits per heavy atom. The lowest BCUT2D eigenvalue weighted by molar-refractivity contribution is -0.0156. The molecule has 0 radical (unpaired) electrons. The molecule has 0 aromatic heterocycles. The molecule has 2 aromatic rings. The van der Waals surface area contributed by atoms with Gasteiger partial charge in [0.05, 0.1) is 0 Å². The van der Waals surface area contributed by atoms with E-state index in [0.717, 1.165) is 31.4 Å². The Kier molecular flexibility index (Phi) is 7.34. The van der Waals surface area contributed by atoms with E-state index in [0.29, 0.717) is 32.4 Å². The highest BCUT2D eigenvalue weighted by Gasteiger charge is 2.39. The van der Waals surface area contributed by atoms with Crippen LogP contribution in [0.25, 0.3) is 0 Å². The Morgan fingerprint density at radius 3 is 1.97 bits per heavy atom. The van der Waals surface area contributed by atoms with Crippen LogP contribution < -0.4 is 4.74 Å². The van der Waals surface area contributed by atoms with E-state index in [4.69, 9.17) is 4.74 Å². The van der Waals surface area contributed by atoms with Gasteiger partial charge < -0.3 is 4.74 Å². The van der Waals surface area contributed by atoms with Gasteiger partial charge in [0, 0.05) is 19.6 Å². The first-order chi connectivity index (χ1) is 14.4. The minimum absolute atomic E-state index is 0.447. The Bertz CT molecular complexity index is 821. The molecule has 0 N–H and O–H groups in total. The van der Waals surface area contributed by atoms with Crippen molar-refractivity contribution in [1.82, 2.24) is 4.90 Å². The number of likely N-dealkylation sites (tertiary alicyclic amines) is 1. The number of benzene rings is 2. The molecule has 1 saturated heterocycles. The summed E-state index contributed by atoms with van der Waals surface area (Å²) in [5.41, 5.74) is 0.192. The van der Waals surface area contributed by atoms with Crippen molar-refractivity contribution in [2.75, 3.05) is 13.1 Å². The topological polar surface area (TPSA) is 12.5 Å². The smallest absolute Gasteiger partial charge is 0.207 e. The van der Waals surface area contributed by atoms with Crippen LogP contribution in [0.5, 0.6) is 5.75 Å². The Morgan fingerprint density at radius 2 is 1.40 bits per heavy atom. The molecule has 30 heavy (non-hydrogen) atoms. The molecule has 0 bridgehead atoms. The first-order valence-corrected chi connectivity index (χ1v) is 10.3. The first kappa shape index (κ1) is 22.5. The fraction of sp³-hybridized carbons (Fsp3) is 0.478. The molecular formula is C23H26F5NO. The summed E-state index contributed by atoms with van der Waals surface area (Å²) >= 11 is 0. The summed E-state index contributed by atoms with van der Waals surface area (Å²) in [6.07, 6.45) is 3.99. The molecule has 0 atom stereocenters. The zero-order valence-corrected chi connectivity index (χ0v) is 17.0. The summed E-state index contributed by atoms with van der Waals surface area (Å²) in [5.74, 6) is -11.1. The van der Waals surface area contributed by atoms with E-state index in [1.807, 2.05) is 37.3 Å². The molecule has 1 aliphatic rings. The van der Waals surface area contributed by atoms with Crippen LogP contribution in [0.2, 0.25) is 0 Å². The van der Waals surface area contributed by atoms with Crippen LogP contribution in [-0.2, 0) is 6.54 Å². The van der Waals surface area contributed by atoms with E-state index < -0.39 is 40.4 Å². The lowest BCUT2D eigenvalue weighted by Crippen LogP contribution is -2.48. The van der Waals surface area contributed by atoms with Gasteiger partial charge in [-0.2, -0.15) is 8.78 Å². The summed E-state index contributed by atoms with van der Waals surface area (Å²) in [6.45, 7) is 3.97. The maximum absolute atomic E-state index is 14.2. The van der Waals surface area contributed by atoms with Crippen LogP contribution >= 0.6 is 0 Å². The zero-order chi connectivity index (χ0) is 21.7. The number of ether oxygens (including phenoxy) is 1. The average molecular weight is 427 g/mol. The molecule has 164 valence electrons. The quantitative estimate of drug-likeness (QED) is 0.210. The molecular weight excluding hydrogens is 401 g/mol. The number of nitrogens with zero attached hydrogens (tertiary/aromatic N) is 1. The van der Waals surface area contributed by atoms with Gasteiger partial charge in [0.15, 0.2) is 5.75 Å². The van der Waals surface area contributed by atoms with Gasteiger partial charge in [-0.3, -0.25) is 4.90 Å². The molecule has 1 heterocycles. The highest BCUT2D eigenvalue weighted by molar-refractivity contribution is 5.30. The summed E-state index contributed by atoms with van der Waals surface area (Å²) in [4.78, 5) is 2.20. The van der Waals surface area contributed by atoms with Gasteiger partial charge in [0.2, 0.25) is 29.1 Å². The van der Waals surface area contributed by atoms with Gasteiger partial charge in [-0.05, 0) is 31.2 Å². The monoisotopic (exact) mass is 427 g/mol. The Labute approximate surface area is 173 Å². The number of piperidine rings is 1. The second-order valence-electron chi connectivity index (χ2n) is 7.90. The SMILES string of the molecule is CCCCCC1(Oc2c(F)c(F)c(F)c(F)c2F)CCN(Cc2ccccc2)CC1. The van der Waals surface area contributed by atoms with Crippen LogP contribution in [0.1, 0.15) is 51.0 Å². The van der Waals surface area contributed by atoms with E-state index in [9.17, 15) is 22.0 Å². The van der Waals surface area contributed by atoms with Crippen LogP contribution in [0.4, 0.5) is 22.0 Å². The predicted octanol–water partition coefficient (Wildman–Crippen LogP) is 6.38. The Balaban J connectivity index is 1.79. The summed E-state index contributed by atoms with van der Waals surface area (Å²) < 4.78 is 74.8. The van der Waals surface area contributed by atoms with Gasteiger partial charge in [-0.25, -0.2) is 13.2 Å². The van der Waals surface area contributed by atoms with Crippen molar-refractivity contribution in [2.24, 2.45) is 0 Å². The third-order valence-electron chi connectivity index (χ3n) is 5.74. The van der Waals surface area contributed by atoms with E-state index >= 15 is 0 Å². The van der Waals surface area contributed by atoms with Crippen molar-refractivity contribution in [3.05, 3.63) is 65.0 Å². The molecule has 0 aliphatic carbocycles. The van der Waals surface area contributed by atoms with Gasteiger partial charge in [0.1, 0.15) is 5.60 Å². The van der Waals surface area contributed by atoms with Crippen molar-refractivity contribution >= 4 is 0 Å². The predicted molar refractivity (Wildman–Crippen MR) is 105 cm³/mol. The molecule has 1 aliphatic heterocycles. The van der Waals surface area contributed by atoms with Crippen molar-refractivity contribution < 1.29 is 26.7 Å². The number of rotatable bonds is 8. The molecule has 0 amide bonds. The molecule has 3 rings (SSSR count). The average Bonchev–Trinajstić information content (AvgIpc) is 2.77. The number of hydrogen-bond acceptors (Lipinski definition) is 2. The van der Waals surface area contributed by atoms with Crippen LogP contribution in [0.3, 0.4) is 0 Å². The lowest BCUT2D eigenvalue weighted by atomic mass is 9.85. The van der Waals surface area contributed by atoms with Gasteiger partial charge in [-0.15, -0.1) is 0 Å². The van der Waals surface area contributed by atoms with Crippen molar-refractivity contribution in [1.29, 1.82) is 0 Å². The zero-order valence-electron chi connectivity index (χ0n) is 17.0. The fourth-order valence-corrected chi connectivity index (χ4v) is 3.95. The summed E-state index contributed by atoms with van der Waals surface area (Å²) in [7, 11) is 0. The fourth-order valence-electron chi connectivity index (χ4n) is 3.95.